The normalized spacial score (nSPS) is 18.0. The number of aromatic hydroxyl groups is 1. The van der Waals surface area contributed by atoms with E-state index < -0.39 is 0 Å². The molecule has 1 fully saturated rings. The maximum absolute atomic E-state index is 12.3. The van der Waals surface area contributed by atoms with Gasteiger partial charge in [0.05, 0.1) is 18.3 Å². The summed E-state index contributed by atoms with van der Waals surface area (Å²) in [6, 6.07) is 15.1. The van der Waals surface area contributed by atoms with Crippen LogP contribution < -0.4 is 5.32 Å². The molecule has 1 atom stereocenters. The molecule has 1 saturated heterocycles. The van der Waals surface area contributed by atoms with Crippen molar-refractivity contribution in [1.29, 1.82) is 0 Å². The largest absolute Gasteiger partial charge is 0.507 e. The molecule has 0 saturated carbocycles. The number of ether oxygens (including phenoxy) is 1. The van der Waals surface area contributed by atoms with E-state index in [1.807, 2.05) is 18.2 Å². The molecule has 3 rings (SSSR count). The second-order valence-corrected chi connectivity index (χ2v) is 7.00. The van der Waals surface area contributed by atoms with Gasteiger partial charge in [-0.1, -0.05) is 46.3 Å². The highest BCUT2D eigenvalue weighted by molar-refractivity contribution is 9.10. The van der Waals surface area contributed by atoms with Crippen LogP contribution in [0.4, 0.5) is 0 Å². The number of hydrogen-bond acceptors (Lipinski definition) is 4. The number of morpholine rings is 1. The van der Waals surface area contributed by atoms with Crippen molar-refractivity contribution < 1.29 is 14.6 Å². The van der Waals surface area contributed by atoms with Gasteiger partial charge in [-0.25, -0.2) is 0 Å². The van der Waals surface area contributed by atoms with Crippen LogP contribution in [0.5, 0.6) is 5.75 Å². The minimum Gasteiger partial charge on any atom is -0.507 e. The Morgan fingerprint density at radius 2 is 2.08 bits per heavy atom. The van der Waals surface area contributed by atoms with Gasteiger partial charge in [0.1, 0.15) is 5.75 Å². The lowest BCUT2D eigenvalue weighted by atomic mass is 10.1. The number of phenols is 1. The highest BCUT2D eigenvalue weighted by atomic mass is 79.9. The summed E-state index contributed by atoms with van der Waals surface area (Å²) in [5, 5.41) is 12.7. The molecule has 132 valence electrons. The van der Waals surface area contributed by atoms with E-state index in [4.69, 9.17) is 4.74 Å². The van der Waals surface area contributed by atoms with E-state index in [1.54, 1.807) is 12.1 Å². The van der Waals surface area contributed by atoms with Crippen LogP contribution in [-0.4, -0.2) is 48.3 Å². The highest BCUT2D eigenvalue weighted by Crippen LogP contribution is 2.21. The molecule has 1 heterocycles. The minimum absolute atomic E-state index is 0.0315. The average Bonchev–Trinajstić information content (AvgIpc) is 2.63. The highest BCUT2D eigenvalue weighted by Gasteiger charge is 2.22. The molecular formula is C19H21BrN2O3. The van der Waals surface area contributed by atoms with Gasteiger partial charge < -0.3 is 15.2 Å². The van der Waals surface area contributed by atoms with E-state index in [-0.39, 0.29) is 23.3 Å². The van der Waals surface area contributed by atoms with Crippen LogP contribution in [0.2, 0.25) is 0 Å². The van der Waals surface area contributed by atoms with Gasteiger partial charge in [0, 0.05) is 30.7 Å². The third-order valence-corrected chi connectivity index (χ3v) is 4.66. The molecular weight excluding hydrogens is 384 g/mol. The number of carbonyl (C=O) groups excluding carboxylic acids is 1. The van der Waals surface area contributed by atoms with Crippen molar-refractivity contribution >= 4 is 21.8 Å². The average molecular weight is 405 g/mol. The van der Waals surface area contributed by atoms with E-state index in [9.17, 15) is 9.90 Å². The molecule has 1 aliphatic rings. The van der Waals surface area contributed by atoms with Crippen LogP contribution >= 0.6 is 15.9 Å². The molecule has 0 radical (unpaired) electrons. The van der Waals surface area contributed by atoms with Crippen molar-refractivity contribution in [3.8, 4) is 5.75 Å². The summed E-state index contributed by atoms with van der Waals surface area (Å²) < 4.78 is 6.51. The Labute approximate surface area is 155 Å². The topological polar surface area (TPSA) is 61.8 Å². The number of halogens is 1. The number of rotatable bonds is 5. The smallest absolute Gasteiger partial charge is 0.255 e. The van der Waals surface area contributed by atoms with Crippen LogP contribution in [0.1, 0.15) is 15.9 Å². The van der Waals surface area contributed by atoms with E-state index in [1.165, 1.54) is 11.6 Å². The first-order chi connectivity index (χ1) is 12.1. The predicted molar refractivity (Wildman–Crippen MR) is 99.6 cm³/mol. The predicted octanol–water partition coefficient (Wildman–Crippen LogP) is 2.79. The summed E-state index contributed by atoms with van der Waals surface area (Å²) in [7, 11) is 0. The van der Waals surface area contributed by atoms with Crippen LogP contribution in [0.3, 0.4) is 0 Å². The molecule has 6 heteroatoms. The second kappa shape index (κ2) is 8.47. The number of hydrogen-bond donors (Lipinski definition) is 2. The van der Waals surface area contributed by atoms with E-state index in [0.29, 0.717) is 13.2 Å². The van der Waals surface area contributed by atoms with Crippen molar-refractivity contribution in [3.63, 3.8) is 0 Å². The third kappa shape index (κ3) is 5.04. The third-order valence-electron chi connectivity index (χ3n) is 4.17. The number of nitrogens with zero attached hydrogens (tertiary/aromatic N) is 1. The summed E-state index contributed by atoms with van der Waals surface area (Å²) in [6.07, 6.45) is -0.0595. The molecule has 0 bridgehead atoms. The standard InChI is InChI=1S/C19H21BrN2O3/c20-15-6-7-18(23)17(10-15)19(24)21-11-16-13-22(8-9-25-16)12-14-4-2-1-3-5-14/h1-7,10,16,23H,8-9,11-13H2,(H,21,24). The van der Waals surface area contributed by atoms with Crippen molar-refractivity contribution in [2.24, 2.45) is 0 Å². The lowest BCUT2D eigenvalue weighted by Crippen LogP contribution is -2.47. The fraction of sp³-hybridized carbons (Fsp3) is 0.316. The molecule has 0 spiro atoms. The molecule has 1 amide bonds. The lowest BCUT2D eigenvalue weighted by molar-refractivity contribution is -0.0292. The van der Waals surface area contributed by atoms with Gasteiger partial charge in [-0.05, 0) is 23.8 Å². The zero-order valence-corrected chi connectivity index (χ0v) is 15.4. The van der Waals surface area contributed by atoms with Gasteiger partial charge in [-0.15, -0.1) is 0 Å². The number of benzene rings is 2. The van der Waals surface area contributed by atoms with E-state index >= 15 is 0 Å². The van der Waals surface area contributed by atoms with Gasteiger partial charge in [-0.2, -0.15) is 0 Å². The first-order valence-corrected chi connectivity index (χ1v) is 9.06. The number of carbonyl (C=O) groups is 1. The Hall–Kier alpha value is -1.89. The Morgan fingerprint density at radius 1 is 1.28 bits per heavy atom. The fourth-order valence-electron chi connectivity index (χ4n) is 2.88. The number of phenolic OH excluding ortho intramolecular Hbond substituents is 1. The Kier molecular flexibility index (Phi) is 6.07. The molecule has 1 unspecified atom stereocenters. The zero-order valence-electron chi connectivity index (χ0n) is 13.8. The maximum Gasteiger partial charge on any atom is 0.255 e. The molecule has 2 aromatic rings. The van der Waals surface area contributed by atoms with Gasteiger partial charge in [-0.3, -0.25) is 9.69 Å². The second-order valence-electron chi connectivity index (χ2n) is 6.09. The molecule has 25 heavy (non-hydrogen) atoms. The van der Waals surface area contributed by atoms with Gasteiger partial charge in [0.15, 0.2) is 0 Å². The van der Waals surface area contributed by atoms with E-state index in [0.717, 1.165) is 24.1 Å². The van der Waals surface area contributed by atoms with Crippen LogP contribution in [0.25, 0.3) is 0 Å². The monoisotopic (exact) mass is 404 g/mol. The van der Waals surface area contributed by atoms with Crippen LogP contribution in [-0.2, 0) is 11.3 Å². The Morgan fingerprint density at radius 3 is 2.88 bits per heavy atom. The fourth-order valence-corrected chi connectivity index (χ4v) is 3.24. The van der Waals surface area contributed by atoms with Crippen LogP contribution in [0, 0.1) is 0 Å². The van der Waals surface area contributed by atoms with Crippen molar-refractivity contribution in [2.45, 2.75) is 12.6 Å². The van der Waals surface area contributed by atoms with Crippen LogP contribution in [0.15, 0.2) is 53.0 Å². The lowest BCUT2D eigenvalue weighted by Gasteiger charge is -2.33. The summed E-state index contributed by atoms with van der Waals surface area (Å²) >= 11 is 3.31. The van der Waals surface area contributed by atoms with Gasteiger partial charge >= 0.3 is 0 Å². The van der Waals surface area contributed by atoms with Crippen molar-refractivity contribution in [3.05, 3.63) is 64.1 Å². The Balaban J connectivity index is 1.52. The number of nitrogens with one attached hydrogen (secondary N) is 1. The Bertz CT molecular complexity index is 724. The van der Waals surface area contributed by atoms with E-state index in [2.05, 4.69) is 38.3 Å². The van der Waals surface area contributed by atoms with Gasteiger partial charge in [0.25, 0.3) is 5.91 Å². The minimum atomic E-state index is -0.303. The van der Waals surface area contributed by atoms with Gasteiger partial charge in [0.2, 0.25) is 0 Å². The molecule has 2 aromatic carbocycles. The van der Waals surface area contributed by atoms with Crippen molar-refractivity contribution in [1.82, 2.24) is 10.2 Å². The molecule has 2 N–H and O–H groups in total. The maximum atomic E-state index is 12.3. The quantitative estimate of drug-likeness (QED) is 0.803. The molecule has 1 aliphatic heterocycles. The first-order valence-electron chi connectivity index (χ1n) is 8.26. The first kappa shape index (κ1) is 17.9. The summed E-state index contributed by atoms with van der Waals surface area (Å²) in [4.78, 5) is 14.6. The molecule has 5 nitrogen and oxygen atoms in total. The van der Waals surface area contributed by atoms with Crippen molar-refractivity contribution in [2.75, 3.05) is 26.2 Å². The SMILES string of the molecule is O=C(NCC1CN(Cc2ccccc2)CCO1)c1cc(Br)ccc1O. The molecule has 0 aromatic heterocycles. The molecule has 0 aliphatic carbocycles. The summed E-state index contributed by atoms with van der Waals surface area (Å²) in [6.45, 7) is 3.58. The number of amides is 1. The summed E-state index contributed by atoms with van der Waals surface area (Å²) in [5.41, 5.74) is 1.53. The zero-order chi connectivity index (χ0) is 17.6. The summed E-state index contributed by atoms with van der Waals surface area (Å²) in [5.74, 6) is -0.335.